The molecule has 0 saturated carbocycles. The molecule has 0 unspecified atom stereocenters. The van der Waals surface area contributed by atoms with Crippen molar-refractivity contribution >= 4 is 0 Å². The van der Waals surface area contributed by atoms with E-state index in [1.807, 2.05) is 0 Å². The normalized spacial score (nSPS) is 14.0. The van der Waals surface area contributed by atoms with E-state index in [2.05, 4.69) is 50.3 Å². The van der Waals surface area contributed by atoms with Gasteiger partial charge in [0.15, 0.2) is 0 Å². The van der Waals surface area contributed by atoms with Crippen LogP contribution in [0.25, 0.3) is 0 Å². The molecule has 2 aliphatic carbocycles. The van der Waals surface area contributed by atoms with Gasteiger partial charge >= 0.3 is 21.1 Å². The fraction of sp³-hybridized carbons (Fsp3) is 0.556. The summed E-state index contributed by atoms with van der Waals surface area (Å²) in [7, 11) is 0. The first kappa shape index (κ1) is 27.0. The van der Waals surface area contributed by atoms with E-state index in [-0.39, 0.29) is 69.0 Å². The second kappa shape index (κ2) is 19.2. The Hall–Kier alpha value is 1.11. The number of rotatable bonds is 6. The summed E-state index contributed by atoms with van der Waals surface area (Å²) < 4.78 is 0. The van der Waals surface area contributed by atoms with Crippen LogP contribution in [0.4, 0.5) is 0 Å². The molecule has 0 heterocycles. The van der Waals surface area contributed by atoms with Crippen LogP contribution in [0.3, 0.4) is 0 Å². The maximum atomic E-state index is 3.30. The van der Waals surface area contributed by atoms with E-state index in [1.165, 1.54) is 49.7 Å². The Labute approximate surface area is 180 Å². The van der Waals surface area contributed by atoms with Crippen molar-refractivity contribution in [2.24, 2.45) is 0 Å². The van der Waals surface area contributed by atoms with Crippen LogP contribution in [0.1, 0.15) is 65.2 Å². The number of hydrogen-bond acceptors (Lipinski definition) is 0. The minimum absolute atomic E-state index is 0. The second-order valence-corrected chi connectivity index (χ2v) is 4.82. The van der Waals surface area contributed by atoms with E-state index in [0.29, 0.717) is 0 Å². The molecule has 21 heavy (non-hydrogen) atoms. The van der Waals surface area contributed by atoms with Gasteiger partial charge in [0.05, 0.1) is 0 Å². The SMILES string of the molecule is CCCCC1=[C-]CC=C1.CCCCC1=[C-]CC=C1.[I-].[I-].[W+2]. The zero-order chi connectivity index (χ0) is 13.1. The van der Waals surface area contributed by atoms with Crippen LogP contribution in [0.15, 0.2) is 35.5 Å². The minimum Gasteiger partial charge on any atom is -1.00 e. The fourth-order valence-corrected chi connectivity index (χ4v) is 1.98. The summed E-state index contributed by atoms with van der Waals surface area (Å²) in [5, 5.41) is 0. The predicted molar refractivity (Wildman–Crippen MR) is 80.1 cm³/mol. The standard InChI is InChI=1S/2C9H13.2HI.W/c2*1-2-3-6-9-7-4-5-8-9;;;/h2*4,7H,2-3,5-6H2,1H3;2*1H;/q2*-1;;;+2/p-2. The van der Waals surface area contributed by atoms with Gasteiger partial charge in [-0.2, -0.15) is 12.2 Å². The molecular weight excluding hydrogens is 654 g/mol. The molecule has 0 bridgehead atoms. The topological polar surface area (TPSA) is 0 Å². The number of halogens is 2. The molecule has 0 aromatic carbocycles. The molecule has 0 saturated heterocycles. The van der Waals surface area contributed by atoms with E-state index in [0.717, 1.165) is 12.8 Å². The summed E-state index contributed by atoms with van der Waals surface area (Å²) in [6.45, 7) is 4.44. The van der Waals surface area contributed by atoms with E-state index in [4.69, 9.17) is 0 Å². The van der Waals surface area contributed by atoms with Crippen LogP contribution in [-0.2, 0) is 21.1 Å². The Kier molecular flexibility index (Phi) is 24.6. The van der Waals surface area contributed by atoms with Crippen molar-refractivity contribution in [1.82, 2.24) is 0 Å². The monoisotopic (exact) mass is 680 g/mol. The third-order valence-corrected chi connectivity index (χ3v) is 3.13. The van der Waals surface area contributed by atoms with Crippen molar-refractivity contribution in [3.05, 3.63) is 47.6 Å². The molecule has 0 aromatic rings. The summed E-state index contributed by atoms with van der Waals surface area (Å²) in [6.07, 6.45) is 25.1. The molecule has 0 radical (unpaired) electrons. The predicted octanol–water partition coefficient (Wildman–Crippen LogP) is -0.262. The van der Waals surface area contributed by atoms with Crippen molar-refractivity contribution in [1.29, 1.82) is 0 Å². The van der Waals surface area contributed by atoms with Crippen molar-refractivity contribution < 1.29 is 69.0 Å². The molecule has 0 amide bonds. The quantitative estimate of drug-likeness (QED) is 0.269. The number of hydrogen-bond donors (Lipinski definition) is 0. The molecule has 120 valence electrons. The van der Waals surface area contributed by atoms with Gasteiger partial charge in [-0.1, -0.05) is 52.4 Å². The van der Waals surface area contributed by atoms with Gasteiger partial charge in [0.2, 0.25) is 0 Å². The van der Waals surface area contributed by atoms with Gasteiger partial charge < -0.3 is 48.0 Å². The van der Waals surface area contributed by atoms with Crippen molar-refractivity contribution in [2.45, 2.75) is 65.2 Å². The fourth-order valence-electron chi connectivity index (χ4n) is 1.98. The first-order valence-electron chi connectivity index (χ1n) is 7.39. The van der Waals surface area contributed by atoms with E-state index >= 15 is 0 Å². The van der Waals surface area contributed by atoms with Gasteiger partial charge in [0, 0.05) is 0 Å². The zero-order valence-corrected chi connectivity index (χ0v) is 20.4. The maximum absolute atomic E-state index is 3.30. The van der Waals surface area contributed by atoms with Crippen LogP contribution < -0.4 is 48.0 Å². The average Bonchev–Trinajstić information content (AvgIpc) is 3.07. The van der Waals surface area contributed by atoms with Crippen LogP contribution in [0.5, 0.6) is 0 Å². The molecule has 3 heteroatoms. The summed E-state index contributed by atoms with van der Waals surface area (Å²) in [5.41, 5.74) is 2.83. The van der Waals surface area contributed by atoms with E-state index in [9.17, 15) is 0 Å². The van der Waals surface area contributed by atoms with Gasteiger partial charge in [0.25, 0.3) is 0 Å². The van der Waals surface area contributed by atoms with E-state index in [1.54, 1.807) is 0 Å². The molecule has 0 spiro atoms. The molecule has 0 N–H and O–H groups in total. The van der Waals surface area contributed by atoms with Gasteiger partial charge in [0.1, 0.15) is 0 Å². The summed E-state index contributed by atoms with van der Waals surface area (Å²) in [4.78, 5) is 0. The molecule has 0 nitrogen and oxygen atoms in total. The van der Waals surface area contributed by atoms with Crippen molar-refractivity contribution in [3.63, 3.8) is 0 Å². The molecule has 0 atom stereocenters. The first-order chi connectivity index (χ1) is 8.86. The van der Waals surface area contributed by atoms with Crippen LogP contribution >= 0.6 is 0 Å². The van der Waals surface area contributed by atoms with E-state index < -0.39 is 0 Å². The number of unbranched alkanes of at least 4 members (excludes halogenated alkanes) is 2. The number of allylic oxidation sites excluding steroid dienone is 8. The molecule has 0 aromatic heterocycles. The third kappa shape index (κ3) is 14.4. The Morgan fingerprint density at radius 1 is 0.810 bits per heavy atom. The van der Waals surface area contributed by atoms with Gasteiger partial charge in [-0.25, -0.2) is 23.3 Å². The van der Waals surface area contributed by atoms with Crippen LogP contribution in [-0.4, -0.2) is 0 Å². The molecule has 2 aliphatic rings. The third-order valence-electron chi connectivity index (χ3n) is 3.13. The molecular formula is C18H26I2W-2. The Bertz CT molecular complexity index is 307. The van der Waals surface area contributed by atoms with Crippen molar-refractivity contribution in [2.75, 3.05) is 0 Å². The van der Waals surface area contributed by atoms with Crippen LogP contribution in [0.2, 0.25) is 0 Å². The zero-order valence-electron chi connectivity index (χ0n) is 13.1. The Morgan fingerprint density at radius 2 is 1.19 bits per heavy atom. The summed E-state index contributed by atoms with van der Waals surface area (Å²) in [5.74, 6) is 0. The largest absolute Gasteiger partial charge is 2.00 e. The molecule has 0 aliphatic heterocycles. The van der Waals surface area contributed by atoms with Gasteiger partial charge in [-0.3, -0.25) is 12.2 Å². The summed E-state index contributed by atoms with van der Waals surface area (Å²) in [6, 6.07) is 0. The van der Waals surface area contributed by atoms with Crippen LogP contribution in [0, 0.1) is 12.2 Å². The minimum atomic E-state index is 0. The Morgan fingerprint density at radius 3 is 1.43 bits per heavy atom. The first-order valence-corrected chi connectivity index (χ1v) is 7.39. The maximum Gasteiger partial charge on any atom is 2.00 e. The average molecular weight is 680 g/mol. The van der Waals surface area contributed by atoms with Gasteiger partial charge in [-0.15, -0.1) is 12.8 Å². The van der Waals surface area contributed by atoms with Gasteiger partial charge in [-0.05, 0) is 0 Å². The van der Waals surface area contributed by atoms with Crippen molar-refractivity contribution in [3.8, 4) is 0 Å². The molecule has 0 fully saturated rings. The smallest absolute Gasteiger partial charge is 1.00 e. The second-order valence-electron chi connectivity index (χ2n) is 4.82. The molecule has 2 rings (SSSR count). The Balaban J connectivity index is -0.000000270. The summed E-state index contributed by atoms with van der Waals surface area (Å²) >= 11 is 0.